The molecule has 1 aliphatic carbocycles. The molecular weight excluding hydrogens is 317 g/mol. The van der Waals surface area contributed by atoms with E-state index < -0.39 is 39.1 Å². The average molecular weight is 326 g/mol. The van der Waals surface area contributed by atoms with Crippen LogP contribution >= 0.6 is 11.6 Å². The van der Waals surface area contributed by atoms with E-state index in [4.69, 9.17) is 0 Å². The maximum absolute atomic E-state index is 13.5. The van der Waals surface area contributed by atoms with E-state index in [1.165, 1.54) is 6.08 Å². The Hall–Kier alpha value is -0.410. The van der Waals surface area contributed by atoms with Gasteiger partial charge in [-0.05, 0) is 18.0 Å². The lowest BCUT2D eigenvalue weighted by atomic mass is 9.85. The van der Waals surface area contributed by atoms with Gasteiger partial charge in [-0.15, -0.1) is 0 Å². The number of sulfonamides is 1. The Kier molecular flexibility index (Phi) is 3.02. The molecule has 19 heavy (non-hydrogen) atoms. The van der Waals surface area contributed by atoms with Crippen LogP contribution in [0.4, 0.5) is 22.0 Å². The Balaban J connectivity index is 2.76. The summed E-state index contributed by atoms with van der Waals surface area (Å²) >= 11 is 4.68. The molecule has 10 heteroatoms. The number of hydrogen-bond donors (Lipinski definition) is 0. The summed E-state index contributed by atoms with van der Waals surface area (Å²) in [6.45, 7) is 0. The highest BCUT2D eigenvalue weighted by Crippen LogP contribution is 2.61. The van der Waals surface area contributed by atoms with Gasteiger partial charge in [0.2, 0.25) is 15.6 Å². The van der Waals surface area contributed by atoms with E-state index in [2.05, 4.69) is 11.6 Å². The summed E-state index contributed by atoms with van der Waals surface area (Å²) in [6.07, 6.45) is -3.25. The molecule has 0 amide bonds. The number of hydrogen-bond acceptors (Lipinski definition) is 2. The predicted molar refractivity (Wildman–Crippen MR) is 57.3 cm³/mol. The first-order valence-electron chi connectivity index (χ1n) is 5.15. The SMILES string of the molecule is CS(=O)(=O)N1[C@H]2C=C[C@@H](C2)[C@]1(C(F)(F)F)C(F)(F)Cl. The number of fused-ring (bicyclic) bond motifs is 2. The lowest BCUT2D eigenvalue weighted by Gasteiger charge is -2.45. The van der Waals surface area contributed by atoms with Crippen LogP contribution in [0.25, 0.3) is 0 Å². The van der Waals surface area contributed by atoms with E-state index in [0.29, 0.717) is 6.26 Å². The van der Waals surface area contributed by atoms with Crippen molar-refractivity contribution >= 4 is 21.6 Å². The van der Waals surface area contributed by atoms with Crippen molar-refractivity contribution in [2.75, 3.05) is 6.26 Å². The average Bonchev–Trinajstić information content (AvgIpc) is 2.69. The van der Waals surface area contributed by atoms with E-state index in [-0.39, 0.29) is 10.7 Å². The molecule has 3 nitrogen and oxygen atoms in total. The smallest absolute Gasteiger partial charge is 0.212 e. The van der Waals surface area contributed by atoms with Crippen molar-refractivity contribution in [2.45, 2.75) is 29.6 Å². The lowest BCUT2D eigenvalue weighted by molar-refractivity contribution is -0.269. The summed E-state index contributed by atoms with van der Waals surface area (Å²) in [5, 5.41) is -4.77. The van der Waals surface area contributed by atoms with Gasteiger partial charge in [-0.25, -0.2) is 8.42 Å². The third kappa shape index (κ3) is 1.81. The normalized spacial score (nSPS) is 36.2. The molecule has 0 unspecified atom stereocenters. The van der Waals surface area contributed by atoms with Crippen molar-refractivity contribution in [3.8, 4) is 0 Å². The van der Waals surface area contributed by atoms with Crippen molar-refractivity contribution in [1.29, 1.82) is 0 Å². The molecule has 0 aromatic heterocycles. The molecule has 2 aliphatic rings. The molecule has 0 spiro atoms. The van der Waals surface area contributed by atoms with E-state index in [0.717, 1.165) is 6.08 Å². The molecule has 2 rings (SSSR count). The lowest BCUT2D eigenvalue weighted by Crippen LogP contribution is -2.69. The van der Waals surface area contributed by atoms with Crippen molar-refractivity contribution in [2.24, 2.45) is 5.92 Å². The molecule has 1 aliphatic heterocycles. The van der Waals surface area contributed by atoms with E-state index in [1.807, 2.05) is 0 Å². The summed E-state index contributed by atoms with van der Waals surface area (Å²) < 4.78 is 89.6. The highest BCUT2D eigenvalue weighted by Gasteiger charge is 2.81. The Labute approximate surface area is 111 Å². The number of halogens is 6. The molecule has 2 bridgehead atoms. The van der Waals surface area contributed by atoms with E-state index in [9.17, 15) is 30.4 Å². The maximum Gasteiger partial charge on any atom is 0.415 e. The quantitative estimate of drug-likeness (QED) is 0.444. The van der Waals surface area contributed by atoms with Crippen molar-refractivity contribution in [3.63, 3.8) is 0 Å². The summed E-state index contributed by atoms with van der Waals surface area (Å²) in [5.41, 5.74) is -3.92. The number of alkyl halides is 6. The van der Waals surface area contributed by atoms with Crippen LogP contribution in [0, 0.1) is 5.92 Å². The third-order valence-electron chi connectivity index (χ3n) is 3.47. The molecule has 1 saturated heterocycles. The second-order valence-electron chi connectivity index (χ2n) is 4.62. The fourth-order valence-electron chi connectivity index (χ4n) is 2.93. The molecule has 1 fully saturated rings. The molecule has 0 radical (unpaired) electrons. The Bertz CT molecular complexity index is 510. The maximum atomic E-state index is 13.5. The first-order valence-corrected chi connectivity index (χ1v) is 7.37. The summed E-state index contributed by atoms with van der Waals surface area (Å²) in [5.74, 6) is -1.69. The van der Waals surface area contributed by atoms with Gasteiger partial charge in [0.25, 0.3) is 0 Å². The molecule has 3 atom stereocenters. The van der Waals surface area contributed by atoms with Crippen molar-refractivity contribution in [1.82, 2.24) is 4.31 Å². The summed E-state index contributed by atoms with van der Waals surface area (Å²) in [7, 11) is -4.51. The number of nitrogens with zero attached hydrogens (tertiary/aromatic N) is 1. The fraction of sp³-hybridized carbons (Fsp3) is 0.778. The van der Waals surface area contributed by atoms with Crippen LogP contribution in [0.2, 0.25) is 0 Å². The minimum Gasteiger partial charge on any atom is -0.212 e. The van der Waals surface area contributed by atoms with Gasteiger partial charge in [-0.2, -0.15) is 26.3 Å². The van der Waals surface area contributed by atoms with Gasteiger partial charge >= 0.3 is 11.6 Å². The molecule has 110 valence electrons. The topological polar surface area (TPSA) is 37.4 Å². The van der Waals surface area contributed by atoms with Crippen LogP contribution in [0.5, 0.6) is 0 Å². The van der Waals surface area contributed by atoms with Crippen LogP contribution in [-0.2, 0) is 10.0 Å². The minimum absolute atomic E-state index is 0.197. The predicted octanol–water partition coefficient (Wildman–Crippen LogP) is 2.34. The Morgan fingerprint density at radius 2 is 1.79 bits per heavy atom. The van der Waals surface area contributed by atoms with Gasteiger partial charge in [0, 0.05) is 12.0 Å². The molecule has 0 aromatic carbocycles. The zero-order valence-corrected chi connectivity index (χ0v) is 11.0. The summed E-state index contributed by atoms with van der Waals surface area (Å²) in [4.78, 5) is 0. The minimum atomic E-state index is -5.49. The summed E-state index contributed by atoms with van der Waals surface area (Å²) in [6, 6.07) is -1.24. The third-order valence-corrected chi connectivity index (χ3v) is 5.03. The van der Waals surface area contributed by atoms with Crippen LogP contribution in [0.15, 0.2) is 12.2 Å². The molecule has 0 saturated carbocycles. The van der Waals surface area contributed by atoms with Crippen LogP contribution < -0.4 is 0 Å². The van der Waals surface area contributed by atoms with Crippen molar-refractivity contribution < 1.29 is 30.4 Å². The van der Waals surface area contributed by atoms with Gasteiger partial charge in [0.05, 0.1) is 6.26 Å². The zero-order valence-electron chi connectivity index (χ0n) is 9.46. The highest BCUT2D eigenvalue weighted by molar-refractivity contribution is 7.88. The molecular formula is C9H9ClF5NO2S. The molecule has 0 aromatic rings. The van der Waals surface area contributed by atoms with E-state index >= 15 is 0 Å². The molecule has 0 N–H and O–H groups in total. The second-order valence-corrected chi connectivity index (χ2v) is 6.95. The first-order chi connectivity index (χ1) is 8.33. The van der Waals surface area contributed by atoms with Crippen LogP contribution in [-0.4, -0.2) is 42.1 Å². The Morgan fingerprint density at radius 1 is 1.26 bits per heavy atom. The van der Waals surface area contributed by atoms with Gasteiger partial charge < -0.3 is 0 Å². The Morgan fingerprint density at radius 3 is 2.11 bits per heavy atom. The highest BCUT2D eigenvalue weighted by atomic mass is 35.5. The van der Waals surface area contributed by atoms with Crippen molar-refractivity contribution in [3.05, 3.63) is 12.2 Å². The molecule has 1 heterocycles. The zero-order chi connectivity index (χ0) is 14.9. The second kappa shape index (κ2) is 3.82. The van der Waals surface area contributed by atoms with Gasteiger partial charge in [0.15, 0.2) is 0 Å². The van der Waals surface area contributed by atoms with Crippen LogP contribution in [0.3, 0.4) is 0 Å². The van der Waals surface area contributed by atoms with Crippen LogP contribution in [0.1, 0.15) is 6.42 Å². The largest absolute Gasteiger partial charge is 0.415 e. The fourth-order valence-corrected chi connectivity index (χ4v) is 4.84. The standard InChI is InChI=1S/C9H9ClF5NO2S/c1-19(17,18)16-6-3-2-5(4-6)7(16,8(10,11)12)9(13,14)15/h2-3,5-6H,4H2,1H3/t5-,6-,7+/m0/s1. The number of rotatable bonds is 2. The monoisotopic (exact) mass is 325 g/mol. The first kappa shape index (κ1) is 15.0. The van der Waals surface area contributed by atoms with Gasteiger partial charge in [-0.3, -0.25) is 0 Å². The van der Waals surface area contributed by atoms with Gasteiger partial charge in [-0.1, -0.05) is 12.2 Å². The van der Waals surface area contributed by atoms with Gasteiger partial charge in [0.1, 0.15) is 0 Å². The van der Waals surface area contributed by atoms with E-state index in [1.54, 1.807) is 0 Å².